The Morgan fingerprint density at radius 2 is 0.964 bits per heavy atom. The fourth-order valence-corrected chi connectivity index (χ4v) is 2.81. The molecule has 0 N–H and O–H groups in total. The van der Waals surface area contributed by atoms with E-state index in [0.717, 1.165) is 22.4 Å². The van der Waals surface area contributed by atoms with E-state index in [-0.39, 0.29) is 0 Å². The molecule has 2 nitrogen and oxygen atoms in total. The van der Waals surface area contributed by atoms with Crippen LogP contribution in [0.1, 0.15) is 40.3 Å². The van der Waals surface area contributed by atoms with E-state index in [2.05, 4.69) is 88.0 Å². The quantitative estimate of drug-likeness (QED) is 0.370. The van der Waals surface area contributed by atoms with E-state index in [9.17, 15) is 0 Å². The van der Waals surface area contributed by atoms with Crippen molar-refractivity contribution in [2.24, 2.45) is 9.98 Å². The van der Waals surface area contributed by atoms with Gasteiger partial charge in [0.05, 0.1) is 5.70 Å². The predicted octanol–water partition coefficient (Wildman–Crippen LogP) is 6.54. The van der Waals surface area contributed by atoms with Crippen molar-refractivity contribution < 1.29 is 0 Å². The molecule has 0 aliphatic carbocycles. The summed E-state index contributed by atoms with van der Waals surface area (Å²) < 4.78 is 0. The Morgan fingerprint density at radius 1 is 0.571 bits per heavy atom. The first-order valence-electron chi connectivity index (χ1n) is 9.46. The summed E-state index contributed by atoms with van der Waals surface area (Å²) >= 11 is 0. The number of benzene rings is 3. The number of nitrogens with zero attached hydrogens (tertiary/aromatic N) is 2. The third kappa shape index (κ3) is 4.92. The Kier molecular flexibility index (Phi) is 6.00. The molecular formula is C26H26N2. The second-order valence-electron chi connectivity index (χ2n) is 7.18. The smallest absolute Gasteiger partial charge is 0.160 e. The van der Waals surface area contributed by atoms with Crippen LogP contribution in [0.4, 0.5) is 0 Å². The fraction of sp³-hybridized carbons (Fsp3) is 0.154. The highest BCUT2D eigenvalue weighted by molar-refractivity contribution is 6.12. The van der Waals surface area contributed by atoms with Gasteiger partial charge in [0.15, 0.2) is 5.84 Å². The van der Waals surface area contributed by atoms with Crippen LogP contribution in [0, 0.1) is 20.8 Å². The molecule has 0 atom stereocenters. The lowest BCUT2D eigenvalue weighted by molar-refractivity contribution is 1.40. The average molecular weight is 367 g/mol. The zero-order valence-electron chi connectivity index (χ0n) is 17.0. The highest BCUT2D eigenvalue weighted by Gasteiger charge is 2.07. The topological polar surface area (TPSA) is 24.7 Å². The number of hydrogen-bond donors (Lipinski definition) is 0. The van der Waals surface area contributed by atoms with E-state index in [4.69, 9.17) is 9.98 Å². The summed E-state index contributed by atoms with van der Waals surface area (Å²) in [6.45, 7) is 12.4. The number of aliphatic imine (C=N–C) groups is 2. The maximum Gasteiger partial charge on any atom is 0.160 e. The third-order valence-corrected chi connectivity index (χ3v) is 4.68. The average Bonchev–Trinajstić information content (AvgIpc) is 2.69. The van der Waals surface area contributed by atoms with Gasteiger partial charge in [0.25, 0.3) is 0 Å². The van der Waals surface area contributed by atoms with Gasteiger partial charge in [-0.25, -0.2) is 9.98 Å². The van der Waals surface area contributed by atoms with Gasteiger partial charge >= 0.3 is 0 Å². The number of hydrogen-bond acceptors (Lipinski definition) is 1. The molecule has 28 heavy (non-hydrogen) atoms. The van der Waals surface area contributed by atoms with Crippen molar-refractivity contribution in [1.82, 2.24) is 0 Å². The molecule has 3 aromatic rings. The Hall–Kier alpha value is -3.26. The van der Waals surface area contributed by atoms with Crippen LogP contribution in [0.5, 0.6) is 0 Å². The SMILES string of the molecule is C=C(N=C(N=C(C)c1ccc(C)cc1)c1ccc(C)cc1)c1ccc(C)cc1. The molecular weight excluding hydrogens is 340 g/mol. The van der Waals surface area contributed by atoms with E-state index in [1.54, 1.807) is 0 Å². The third-order valence-electron chi connectivity index (χ3n) is 4.68. The summed E-state index contributed by atoms with van der Waals surface area (Å²) in [6.07, 6.45) is 0. The molecule has 0 amide bonds. The summed E-state index contributed by atoms with van der Waals surface area (Å²) in [6, 6.07) is 24.9. The van der Waals surface area contributed by atoms with Crippen LogP contribution in [0.2, 0.25) is 0 Å². The maximum absolute atomic E-state index is 4.87. The van der Waals surface area contributed by atoms with Gasteiger partial charge in [0.2, 0.25) is 0 Å². The van der Waals surface area contributed by atoms with E-state index < -0.39 is 0 Å². The fourth-order valence-electron chi connectivity index (χ4n) is 2.81. The first-order chi connectivity index (χ1) is 13.4. The molecule has 2 heteroatoms. The van der Waals surface area contributed by atoms with Gasteiger partial charge in [-0.15, -0.1) is 0 Å². The highest BCUT2D eigenvalue weighted by atomic mass is 14.9. The zero-order valence-corrected chi connectivity index (χ0v) is 17.0. The minimum absolute atomic E-state index is 0.670. The van der Waals surface area contributed by atoms with Gasteiger partial charge < -0.3 is 0 Å². The molecule has 0 fully saturated rings. The normalized spacial score (nSPS) is 12.1. The molecule has 0 aliphatic rings. The Bertz CT molecular complexity index is 1020. The minimum atomic E-state index is 0.670. The summed E-state index contributed by atoms with van der Waals surface area (Å²) in [5, 5.41) is 0. The molecule has 0 spiro atoms. The second kappa shape index (κ2) is 8.62. The van der Waals surface area contributed by atoms with Crippen molar-refractivity contribution in [3.05, 3.63) is 113 Å². The number of amidine groups is 1. The second-order valence-corrected chi connectivity index (χ2v) is 7.18. The summed E-state index contributed by atoms with van der Waals surface area (Å²) in [5.41, 5.74) is 8.35. The summed E-state index contributed by atoms with van der Waals surface area (Å²) in [5.74, 6) is 0.670. The summed E-state index contributed by atoms with van der Waals surface area (Å²) in [4.78, 5) is 9.66. The largest absolute Gasteiger partial charge is 0.233 e. The lowest BCUT2D eigenvalue weighted by Crippen LogP contribution is -2.04. The molecule has 0 aliphatic heterocycles. The lowest BCUT2D eigenvalue weighted by Gasteiger charge is -2.08. The van der Waals surface area contributed by atoms with E-state index in [1.807, 2.05) is 19.1 Å². The Labute approximate surface area is 168 Å². The van der Waals surface area contributed by atoms with E-state index in [1.165, 1.54) is 16.7 Å². The van der Waals surface area contributed by atoms with Crippen molar-refractivity contribution in [1.29, 1.82) is 0 Å². The van der Waals surface area contributed by atoms with Gasteiger partial charge in [-0.2, -0.15) is 0 Å². The number of aryl methyl sites for hydroxylation is 3. The van der Waals surface area contributed by atoms with Crippen LogP contribution in [-0.2, 0) is 0 Å². The molecule has 3 aromatic carbocycles. The first kappa shape index (κ1) is 19.5. The predicted molar refractivity (Wildman–Crippen MR) is 121 cm³/mol. The van der Waals surface area contributed by atoms with Crippen molar-refractivity contribution in [3.8, 4) is 0 Å². The van der Waals surface area contributed by atoms with Crippen LogP contribution in [0.15, 0.2) is 89.4 Å². The van der Waals surface area contributed by atoms with Crippen LogP contribution in [-0.4, -0.2) is 11.5 Å². The van der Waals surface area contributed by atoms with Gasteiger partial charge in [0.1, 0.15) is 0 Å². The lowest BCUT2D eigenvalue weighted by atomic mass is 10.1. The van der Waals surface area contributed by atoms with Gasteiger partial charge in [0, 0.05) is 11.3 Å². The van der Waals surface area contributed by atoms with Crippen molar-refractivity contribution in [2.45, 2.75) is 27.7 Å². The standard InChI is InChI=1S/C26H26N2/c1-18-6-12-23(13-7-18)21(4)27-26(25-16-10-20(3)11-17-25)28-22(5)24-14-8-19(2)9-15-24/h6-17H,4H2,1-3,5H3. The molecule has 0 saturated carbocycles. The zero-order chi connectivity index (χ0) is 20.1. The molecule has 140 valence electrons. The van der Waals surface area contributed by atoms with E-state index >= 15 is 0 Å². The van der Waals surface area contributed by atoms with Crippen molar-refractivity contribution in [2.75, 3.05) is 0 Å². The number of rotatable bonds is 4. The van der Waals surface area contributed by atoms with Crippen LogP contribution in [0.25, 0.3) is 5.70 Å². The maximum atomic E-state index is 4.87. The Balaban J connectivity index is 2.02. The van der Waals surface area contributed by atoms with E-state index in [0.29, 0.717) is 11.5 Å². The molecule has 0 saturated heterocycles. The first-order valence-corrected chi connectivity index (χ1v) is 9.46. The molecule has 3 rings (SSSR count). The summed E-state index contributed by atoms with van der Waals surface area (Å²) in [7, 11) is 0. The van der Waals surface area contributed by atoms with Crippen LogP contribution >= 0.6 is 0 Å². The van der Waals surface area contributed by atoms with Crippen LogP contribution in [0.3, 0.4) is 0 Å². The van der Waals surface area contributed by atoms with Crippen LogP contribution < -0.4 is 0 Å². The van der Waals surface area contributed by atoms with Crippen molar-refractivity contribution in [3.63, 3.8) is 0 Å². The Morgan fingerprint density at radius 3 is 1.43 bits per heavy atom. The molecule has 0 bridgehead atoms. The van der Waals surface area contributed by atoms with Gasteiger partial charge in [-0.1, -0.05) is 96.1 Å². The monoisotopic (exact) mass is 366 g/mol. The molecule has 0 unspecified atom stereocenters. The minimum Gasteiger partial charge on any atom is -0.233 e. The van der Waals surface area contributed by atoms with Gasteiger partial charge in [-0.3, -0.25) is 0 Å². The highest BCUT2D eigenvalue weighted by Crippen LogP contribution is 2.18. The van der Waals surface area contributed by atoms with Crippen molar-refractivity contribution >= 4 is 17.2 Å². The van der Waals surface area contributed by atoms with Gasteiger partial charge in [-0.05, 0) is 38.8 Å². The molecule has 0 heterocycles. The molecule has 0 radical (unpaired) electrons. The molecule has 0 aromatic heterocycles.